The number of nitrogens with two attached hydrogens (primary N) is 1. The molecule has 0 bridgehead atoms. The van der Waals surface area contributed by atoms with Crippen molar-refractivity contribution in [3.05, 3.63) is 36.6 Å². The van der Waals surface area contributed by atoms with E-state index in [2.05, 4.69) is 14.9 Å². The maximum absolute atomic E-state index is 11.2. The summed E-state index contributed by atoms with van der Waals surface area (Å²) in [6.07, 6.45) is 8.91. The summed E-state index contributed by atoms with van der Waals surface area (Å²) < 4.78 is 29.7. The van der Waals surface area contributed by atoms with E-state index in [4.69, 9.17) is 9.56 Å². The molecule has 114 valence electrons. The molecule has 1 fully saturated rings. The molecule has 0 spiro atoms. The van der Waals surface area contributed by atoms with E-state index in [1.807, 2.05) is 12.5 Å². The van der Waals surface area contributed by atoms with E-state index in [9.17, 15) is 8.42 Å². The number of rotatable bonds is 5. The van der Waals surface area contributed by atoms with Gasteiger partial charge in [-0.2, -0.15) is 0 Å². The third-order valence-electron chi connectivity index (χ3n) is 3.84. The molecule has 8 heteroatoms. The summed E-state index contributed by atoms with van der Waals surface area (Å²) in [7, 11) is -3.77. The van der Waals surface area contributed by atoms with Gasteiger partial charge in [-0.1, -0.05) is 0 Å². The monoisotopic (exact) mass is 310 g/mol. The molecule has 2 atom stereocenters. The van der Waals surface area contributed by atoms with Crippen LogP contribution in [-0.4, -0.2) is 24.0 Å². The van der Waals surface area contributed by atoms with Crippen molar-refractivity contribution in [2.75, 3.05) is 0 Å². The van der Waals surface area contributed by atoms with Crippen LogP contribution in [0.1, 0.15) is 31.1 Å². The van der Waals surface area contributed by atoms with E-state index in [1.165, 1.54) is 6.07 Å². The molecule has 0 saturated heterocycles. The Balaban J connectivity index is 1.63. The third-order valence-corrected chi connectivity index (χ3v) is 4.62. The fourth-order valence-corrected chi connectivity index (χ4v) is 3.32. The number of furan rings is 1. The smallest absolute Gasteiger partial charge is 0.271 e. The van der Waals surface area contributed by atoms with Crippen LogP contribution >= 0.6 is 0 Å². The second kappa shape index (κ2) is 5.63. The number of sulfonamides is 1. The van der Waals surface area contributed by atoms with Crippen molar-refractivity contribution >= 4 is 10.0 Å². The second-order valence-electron chi connectivity index (χ2n) is 5.26. The lowest BCUT2D eigenvalue weighted by Gasteiger charge is -2.21. The van der Waals surface area contributed by atoms with Crippen molar-refractivity contribution < 1.29 is 12.8 Å². The van der Waals surface area contributed by atoms with Gasteiger partial charge in [-0.05, 0) is 31.4 Å². The van der Waals surface area contributed by atoms with Crippen LogP contribution in [0.25, 0.3) is 0 Å². The molecule has 0 radical (unpaired) electrons. The van der Waals surface area contributed by atoms with E-state index >= 15 is 0 Å². The second-order valence-corrected chi connectivity index (χ2v) is 6.75. The van der Waals surface area contributed by atoms with E-state index in [0.717, 1.165) is 19.3 Å². The Morgan fingerprint density at radius 3 is 2.95 bits per heavy atom. The molecule has 1 aliphatic carbocycles. The molecular formula is C13H18N4O3S. The Labute approximate surface area is 123 Å². The summed E-state index contributed by atoms with van der Waals surface area (Å²) in [4.78, 5) is 4.09. The van der Waals surface area contributed by atoms with Crippen molar-refractivity contribution in [1.82, 2.24) is 14.9 Å². The van der Waals surface area contributed by atoms with E-state index in [-0.39, 0.29) is 5.09 Å². The topological polar surface area (TPSA) is 103 Å². The predicted molar refractivity (Wildman–Crippen MR) is 75.8 cm³/mol. The van der Waals surface area contributed by atoms with Crippen LogP contribution in [0, 0.1) is 0 Å². The van der Waals surface area contributed by atoms with Gasteiger partial charge < -0.3 is 14.3 Å². The average Bonchev–Trinajstić information content (AvgIpc) is 3.16. The van der Waals surface area contributed by atoms with Gasteiger partial charge in [0.2, 0.25) is 5.09 Å². The summed E-state index contributed by atoms with van der Waals surface area (Å²) in [5.74, 6) is 0.565. The maximum atomic E-state index is 11.2. The lowest BCUT2D eigenvalue weighted by Crippen LogP contribution is -2.33. The van der Waals surface area contributed by atoms with E-state index in [0.29, 0.717) is 24.4 Å². The quantitative estimate of drug-likeness (QED) is 0.857. The van der Waals surface area contributed by atoms with Crippen LogP contribution in [0.4, 0.5) is 0 Å². The van der Waals surface area contributed by atoms with Crippen LogP contribution in [0.15, 0.2) is 40.4 Å². The minimum Gasteiger partial charge on any atom is -0.447 e. The molecule has 0 aromatic carbocycles. The molecule has 1 saturated carbocycles. The molecule has 7 nitrogen and oxygen atoms in total. The van der Waals surface area contributed by atoms with Gasteiger partial charge >= 0.3 is 0 Å². The van der Waals surface area contributed by atoms with Gasteiger partial charge in [-0.25, -0.2) is 18.5 Å². The third kappa shape index (κ3) is 3.17. The zero-order valence-corrected chi connectivity index (χ0v) is 12.3. The van der Waals surface area contributed by atoms with E-state index < -0.39 is 10.0 Å². The molecule has 0 aliphatic heterocycles. The highest BCUT2D eigenvalue weighted by Gasteiger charge is 2.28. The Morgan fingerprint density at radius 2 is 2.29 bits per heavy atom. The zero-order valence-electron chi connectivity index (χ0n) is 11.5. The van der Waals surface area contributed by atoms with Gasteiger partial charge in [-0.15, -0.1) is 0 Å². The number of primary sulfonamides is 1. The van der Waals surface area contributed by atoms with Gasteiger partial charge in [0.15, 0.2) is 0 Å². The summed E-state index contributed by atoms with van der Waals surface area (Å²) in [5.41, 5.74) is 0. The largest absolute Gasteiger partial charge is 0.447 e. The van der Waals surface area contributed by atoms with Crippen LogP contribution in [0.3, 0.4) is 0 Å². The fourth-order valence-electron chi connectivity index (χ4n) is 2.84. The number of nitrogens with one attached hydrogen (secondary N) is 1. The first-order valence-corrected chi connectivity index (χ1v) is 8.41. The van der Waals surface area contributed by atoms with Gasteiger partial charge in [-0.3, -0.25) is 0 Å². The molecule has 1 aliphatic rings. The maximum Gasteiger partial charge on any atom is 0.271 e. The highest BCUT2D eigenvalue weighted by atomic mass is 32.2. The van der Waals surface area contributed by atoms with Crippen LogP contribution < -0.4 is 10.5 Å². The highest BCUT2D eigenvalue weighted by molar-refractivity contribution is 7.89. The van der Waals surface area contributed by atoms with Crippen LogP contribution in [0.5, 0.6) is 0 Å². The molecule has 3 N–H and O–H groups in total. The lowest BCUT2D eigenvalue weighted by molar-refractivity contribution is 0.354. The van der Waals surface area contributed by atoms with Crippen molar-refractivity contribution in [2.24, 2.45) is 5.14 Å². The minimum absolute atomic E-state index is 0.197. The average molecular weight is 310 g/mol. The SMILES string of the molecule is NS(=O)(=O)c1ccc(CNC2CCCC2n2ccnc2)o1. The summed E-state index contributed by atoms with van der Waals surface area (Å²) >= 11 is 0. The number of hydrogen-bond donors (Lipinski definition) is 2. The minimum atomic E-state index is -3.77. The van der Waals surface area contributed by atoms with Crippen molar-refractivity contribution in [1.29, 1.82) is 0 Å². The fraction of sp³-hybridized carbons (Fsp3) is 0.462. The molecule has 2 aromatic rings. The molecule has 2 heterocycles. The Bertz CT molecular complexity index is 693. The summed E-state index contributed by atoms with van der Waals surface area (Å²) in [6.45, 7) is 0.478. The molecular weight excluding hydrogens is 292 g/mol. The Kier molecular flexibility index (Phi) is 3.83. The number of aromatic nitrogens is 2. The van der Waals surface area contributed by atoms with Crippen LogP contribution in [0.2, 0.25) is 0 Å². The van der Waals surface area contributed by atoms with Crippen molar-refractivity contribution in [3.8, 4) is 0 Å². The van der Waals surface area contributed by atoms with Gasteiger partial charge in [0.25, 0.3) is 10.0 Å². The first-order chi connectivity index (χ1) is 10.0. The number of imidazole rings is 1. The van der Waals surface area contributed by atoms with Gasteiger partial charge in [0.1, 0.15) is 5.76 Å². The lowest BCUT2D eigenvalue weighted by atomic mass is 10.1. The summed E-state index contributed by atoms with van der Waals surface area (Å²) in [6, 6.07) is 3.71. The highest BCUT2D eigenvalue weighted by Crippen LogP contribution is 2.30. The van der Waals surface area contributed by atoms with Gasteiger partial charge in [0.05, 0.1) is 12.9 Å². The van der Waals surface area contributed by atoms with E-state index in [1.54, 1.807) is 12.3 Å². The molecule has 21 heavy (non-hydrogen) atoms. The number of nitrogens with zero attached hydrogens (tertiary/aromatic N) is 2. The Hall–Kier alpha value is -1.64. The molecule has 0 amide bonds. The first-order valence-electron chi connectivity index (χ1n) is 6.86. The molecule has 2 aromatic heterocycles. The van der Waals surface area contributed by atoms with Crippen LogP contribution in [-0.2, 0) is 16.6 Å². The first kappa shape index (κ1) is 14.3. The predicted octanol–water partition coefficient (Wildman–Crippen LogP) is 1.01. The number of hydrogen-bond acceptors (Lipinski definition) is 5. The normalized spacial score (nSPS) is 22.7. The van der Waals surface area contributed by atoms with Gasteiger partial charge in [0, 0.05) is 24.5 Å². The standard InChI is InChI=1S/C13H18N4O3S/c14-21(18,19)13-5-4-10(20-13)8-16-11-2-1-3-12(11)17-7-6-15-9-17/h4-7,9,11-12,16H,1-3,8H2,(H2,14,18,19). The molecule has 2 unspecified atom stereocenters. The van der Waals surface area contributed by atoms with Crippen molar-refractivity contribution in [3.63, 3.8) is 0 Å². The zero-order chi connectivity index (χ0) is 14.9. The van der Waals surface area contributed by atoms with Crippen molar-refractivity contribution in [2.45, 2.75) is 43.0 Å². The summed E-state index contributed by atoms with van der Waals surface area (Å²) in [5, 5.41) is 8.25. The molecule has 3 rings (SSSR count). The Morgan fingerprint density at radius 1 is 1.43 bits per heavy atom.